The Morgan fingerprint density at radius 2 is 2.23 bits per heavy atom. The third-order valence-electron chi connectivity index (χ3n) is 2.82. The molecule has 3 rings (SSSR count). The number of pyridine rings is 1. The van der Waals surface area contributed by atoms with Crippen LogP contribution in [-0.2, 0) is 6.42 Å². The highest BCUT2D eigenvalue weighted by Crippen LogP contribution is 2.12. The summed E-state index contributed by atoms with van der Waals surface area (Å²) in [6.07, 6.45) is 3.24. The van der Waals surface area contributed by atoms with Crippen molar-refractivity contribution >= 4 is 11.5 Å². The number of aliphatic hydroxyl groups is 1. The van der Waals surface area contributed by atoms with Crippen LogP contribution in [0.15, 0.2) is 36.5 Å². The van der Waals surface area contributed by atoms with E-state index in [1.807, 2.05) is 18.2 Å². The molecule has 9 heteroatoms. The summed E-state index contributed by atoms with van der Waals surface area (Å²) in [5, 5.41) is 29.2. The fraction of sp³-hybridized carbons (Fsp3) is 0.0769. The van der Waals surface area contributed by atoms with Crippen LogP contribution in [0, 0.1) is 0 Å². The predicted octanol–water partition coefficient (Wildman–Crippen LogP) is 0.690. The number of aliphatic hydroxyl groups excluding tert-OH is 1. The molecule has 0 spiro atoms. The molecule has 0 saturated heterocycles. The molecule has 0 atom stereocenters. The number of aromatic nitrogens is 7. The fourth-order valence-corrected chi connectivity index (χ4v) is 1.81. The molecule has 0 fully saturated rings. The van der Waals surface area contributed by atoms with Gasteiger partial charge in [0, 0.05) is 30.1 Å². The Morgan fingerprint density at radius 3 is 2.95 bits per heavy atom. The molecule has 0 aliphatic rings. The highest BCUT2D eigenvalue weighted by Gasteiger charge is 2.12. The van der Waals surface area contributed by atoms with Crippen LogP contribution in [0.4, 0.5) is 0 Å². The van der Waals surface area contributed by atoms with E-state index in [2.05, 4.69) is 35.8 Å². The summed E-state index contributed by atoms with van der Waals surface area (Å²) in [6.45, 7) is 0. The van der Waals surface area contributed by atoms with Gasteiger partial charge < -0.3 is 5.11 Å². The quantitative estimate of drug-likeness (QED) is 0.358. The van der Waals surface area contributed by atoms with Gasteiger partial charge in [0.2, 0.25) is 11.6 Å². The molecule has 0 radical (unpaired) electrons. The summed E-state index contributed by atoms with van der Waals surface area (Å²) in [5.41, 5.74) is 1.88. The van der Waals surface area contributed by atoms with E-state index in [9.17, 15) is 9.90 Å². The molecule has 9 nitrogen and oxygen atoms in total. The molecule has 0 unspecified atom stereocenters. The minimum atomic E-state index is -0.569. The van der Waals surface area contributed by atoms with Crippen LogP contribution in [-0.4, -0.2) is 46.7 Å². The summed E-state index contributed by atoms with van der Waals surface area (Å²) in [5.74, 6) is -0.977. The standard InChI is InChI=1S/C13H11N7O2/c21-11(7-12(22)13-17-19-20-18-13)10-6-9(15-16-10)5-8-3-1-2-4-14-8/h1-4,6-7,21H,5H2,(H,15,16)(H,17,18,19,20). The summed E-state index contributed by atoms with van der Waals surface area (Å²) in [7, 11) is 0. The van der Waals surface area contributed by atoms with E-state index < -0.39 is 5.78 Å². The van der Waals surface area contributed by atoms with Crippen molar-refractivity contribution in [3.05, 3.63) is 59.4 Å². The van der Waals surface area contributed by atoms with E-state index >= 15 is 0 Å². The maximum atomic E-state index is 11.7. The number of carbonyl (C=O) groups excluding carboxylic acids is 1. The largest absolute Gasteiger partial charge is 0.505 e. The zero-order valence-electron chi connectivity index (χ0n) is 11.3. The Labute approximate surface area is 124 Å². The summed E-state index contributed by atoms with van der Waals surface area (Å²) < 4.78 is 0. The van der Waals surface area contributed by atoms with E-state index in [-0.39, 0.29) is 17.3 Å². The molecule has 0 aliphatic heterocycles. The average molecular weight is 297 g/mol. The van der Waals surface area contributed by atoms with Gasteiger partial charge in [0.1, 0.15) is 11.5 Å². The Morgan fingerprint density at radius 1 is 1.32 bits per heavy atom. The average Bonchev–Trinajstić information content (AvgIpc) is 3.19. The van der Waals surface area contributed by atoms with E-state index in [4.69, 9.17) is 0 Å². The Hall–Kier alpha value is -3.36. The smallest absolute Gasteiger partial charge is 0.244 e. The van der Waals surface area contributed by atoms with Crippen LogP contribution in [0.1, 0.15) is 27.7 Å². The molecule has 3 aromatic heterocycles. The van der Waals surface area contributed by atoms with E-state index in [0.717, 1.165) is 17.5 Å². The lowest BCUT2D eigenvalue weighted by Gasteiger charge is -1.95. The summed E-state index contributed by atoms with van der Waals surface area (Å²) in [4.78, 5) is 15.9. The maximum Gasteiger partial charge on any atom is 0.244 e. The van der Waals surface area contributed by atoms with Crippen molar-refractivity contribution in [2.45, 2.75) is 6.42 Å². The van der Waals surface area contributed by atoms with Crippen LogP contribution < -0.4 is 0 Å². The van der Waals surface area contributed by atoms with Gasteiger partial charge in [0.05, 0.1) is 0 Å². The van der Waals surface area contributed by atoms with Gasteiger partial charge in [-0.25, -0.2) is 0 Å². The third-order valence-corrected chi connectivity index (χ3v) is 2.82. The predicted molar refractivity (Wildman–Crippen MR) is 74.7 cm³/mol. The zero-order valence-corrected chi connectivity index (χ0v) is 11.3. The Balaban J connectivity index is 1.74. The van der Waals surface area contributed by atoms with Gasteiger partial charge in [0.25, 0.3) is 0 Å². The number of aromatic amines is 2. The molecule has 0 amide bonds. The van der Waals surface area contributed by atoms with Gasteiger partial charge in [-0.3, -0.25) is 14.9 Å². The van der Waals surface area contributed by atoms with Crippen molar-refractivity contribution in [1.82, 2.24) is 35.8 Å². The number of nitrogens with one attached hydrogen (secondary N) is 2. The van der Waals surface area contributed by atoms with Crippen molar-refractivity contribution < 1.29 is 9.90 Å². The second-order valence-electron chi connectivity index (χ2n) is 4.41. The highest BCUT2D eigenvalue weighted by atomic mass is 16.3. The fourth-order valence-electron chi connectivity index (χ4n) is 1.81. The Kier molecular flexibility index (Phi) is 3.69. The molecule has 3 N–H and O–H groups in total. The number of hydrogen-bond acceptors (Lipinski definition) is 7. The van der Waals surface area contributed by atoms with E-state index in [0.29, 0.717) is 6.42 Å². The first kappa shape index (κ1) is 13.6. The topological polar surface area (TPSA) is 133 Å². The molecule has 3 aromatic rings. The first-order chi connectivity index (χ1) is 10.7. The molecular weight excluding hydrogens is 286 g/mol. The number of nitrogens with zero attached hydrogens (tertiary/aromatic N) is 5. The zero-order chi connectivity index (χ0) is 15.4. The number of allylic oxidation sites excluding steroid dienone is 1. The summed E-state index contributed by atoms with van der Waals surface area (Å²) >= 11 is 0. The molecule has 3 heterocycles. The molecular formula is C13H11N7O2. The molecule has 0 aliphatic carbocycles. The van der Waals surface area contributed by atoms with Crippen LogP contribution >= 0.6 is 0 Å². The first-order valence-electron chi connectivity index (χ1n) is 6.35. The van der Waals surface area contributed by atoms with Crippen LogP contribution in [0.5, 0.6) is 0 Å². The highest BCUT2D eigenvalue weighted by molar-refractivity contribution is 6.04. The van der Waals surface area contributed by atoms with Crippen LogP contribution in [0.2, 0.25) is 0 Å². The number of ketones is 1. The number of H-pyrrole nitrogens is 2. The number of rotatable bonds is 5. The van der Waals surface area contributed by atoms with Crippen molar-refractivity contribution in [3.8, 4) is 0 Å². The molecule has 110 valence electrons. The lowest BCUT2D eigenvalue weighted by Crippen LogP contribution is -1.99. The molecule has 0 aromatic carbocycles. The minimum Gasteiger partial charge on any atom is -0.505 e. The van der Waals surface area contributed by atoms with Crippen molar-refractivity contribution in [2.75, 3.05) is 0 Å². The molecule has 22 heavy (non-hydrogen) atoms. The monoisotopic (exact) mass is 297 g/mol. The van der Waals surface area contributed by atoms with E-state index in [1.54, 1.807) is 12.3 Å². The van der Waals surface area contributed by atoms with Crippen LogP contribution in [0.3, 0.4) is 0 Å². The van der Waals surface area contributed by atoms with Gasteiger partial charge in [-0.1, -0.05) is 6.07 Å². The number of tetrazole rings is 1. The van der Waals surface area contributed by atoms with Gasteiger partial charge in [-0.2, -0.15) is 10.3 Å². The van der Waals surface area contributed by atoms with Crippen molar-refractivity contribution in [1.29, 1.82) is 0 Å². The number of hydrogen-bond donors (Lipinski definition) is 3. The van der Waals surface area contributed by atoms with Gasteiger partial charge in [-0.15, -0.1) is 10.2 Å². The lowest BCUT2D eigenvalue weighted by molar-refractivity contribution is 0.103. The summed E-state index contributed by atoms with van der Waals surface area (Å²) in [6, 6.07) is 7.25. The first-order valence-corrected chi connectivity index (χ1v) is 6.35. The second kappa shape index (κ2) is 5.95. The van der Waals surface area contributed by atoms with Crippen molar-refractivity contribution in [2.24, 2.45) is 0 Å². The van der Waals surface area contributed by atoms with Crippen molar-refractivity contribution in [3.63, 3.8) is 0 Å². The van der Waals surface area contributed by atoms with Gasteiger partial charge >= 0.3 is 0 Å². The normalized spacial score (nSPS) is 11.5. The third kappa shape index (κ3) is 3.03. The minimum absolute atomic E-state index is 0.129. The second-order valence-corrected chi connectivity index (χ2v) is 4.41. The van der Waals surface area contributed by atoms with Gasteiger partial charge in [-0.05, 0) is 23.4 Å². The molecule has 0 bridgehead atoms. The SMILES string of the molecule is O=C(C=C(O)c1cc(Cc2ccccn2)[nH]n1)c1nn[nH]n1. The Bertz CT molecular complexity index is 793. The number of carbonyl (C=O) groups is 1. The van der Waals surface area contributed by atoms with Crippen LogP contribution in [0.25, 0.3) is 5.76 Å². The van der Waals surface area contributed by atoms with Gasteiger partial charge in [0.15, 0.2) is 0 Å². The molecule has 0 saturated carbocycles. The lowest BCUT2D eigenvalue weighted by atomic mass is 10.2. The van der Waals surface area contributed by atoms with E-state index in [1.165, 1.54) is 0 Å². The maximum absolute atomic E-state index is 11.7.